The summed E-state index contributed by atoms with van der Waals surface area (Å²) in [4.78, 5) is 2.40. The number of hydrogen-bond donors (Lipinski definition) is 1. The highest BCUT2D eigenvalue weighted by molar-refractivity contribution is 5.05. The number of methoxy groups -OCH3 is 1. The Morgan fingerprint density at radius 1 is 1.50 bits per heavy atom. The van der Waals surface area contributed by atoms with Crippen LogP contribution >= 0.6 is 0 Å². The molecule has 0 amide bonds. The van der Waals surface area contributed by atoms with Crippen LogP contribution in [0.2, 0.25) is 0 Å². The number of nitrogens with zero attached hydrogens (tertiary/aromatic N) is 2. The normalized spacial score (nSPS) is 18.3. The Labute approximate surface area is 108 Å². The first kappa shape index (κ1) is 13.5. The lowest BCUT2D eigenvalue weighted by molar-refractivity contribution is 0.0364. The molecule has 5 heteroatoms. The van der Waals surface area contributed by atoms with E-state index in [1.807, 2.05) is 6.07 Å². The van der Waals surface area contributed by atoms with Crippen LogP contribution in [0.5, 0.6) is 0 Å². The second-order valence-electron chi connectivity index (χ2n) is 4.78. The summed E-state index contributed by atoms with van der Waals surface area (Å²) in [6.45, 7) is 6.82. The van der Waals surface area contributed by atoms with E-state index in [4.69, 9.17) is 9.26 Å². The SMILES string of the molecule is CCNCc1cc(CN2CCC(OC)CC2)on1. The van der Waals surface area contributed by atoms with Crippen LogP contribution in [0.15, 0.2) is 10.6 Å². The number of hydrogen-bond acceptors (Lipinski definition) is 5. The summed E-state index contributed by atoms with van der Waals surface area (Å²) in [6, 6.07) is 2.05. The Morgan fingerprint density at radius 3 is 2.94 bits per heavy atom. The molecule has 0 atom stereocenters. The second kappa shape index (κ2) is 6.87. The summed E-state index contributed by atoms with van der Waals surface area (Å²) in [6.07, 6.45) is 2.64. The maximum absolute atomic E-state index is 5.37. The average molecular weight is 253 g/mol. The Bertz CT molecular complexity index is 346. The number of nitrogens with one attached hydrogen (secondary N) is 1. The fourth-order valence-electron chi connectivity index (χ4n) is 2.29. The third-order valence-electron chi connectivity index (χ3n) is 3.41. The summed E-state index contributed by atoms with van der Waals surface area (Å²) in [7, 11) is 1.80. The largest absolute Gasteiger partial charge is 0.381 e. The van der Waals surface area contributed by atoms with E-state index in [1.165, 1.54) is 0 Å². The zero-order valence-corrected chi connectivity index (χ0v) is 11.3. The van der Waals surface area contributed by atoms with Crippen molar-refractivity contribution in [2.75, 3.05) is 26.7 Å². The van der Waals surface area contributed by atoms with E-state index in [1.54, 1.807) is 7.11 Å². The van der Waals surface area contributed by atoms with Gasteiger partial charge in [-0.05, 0) is 19.4 Å². The van der Waals surface area contributed by atoms with Crippen molar-refractivity contribution in [3.63, 3.8) is 0 Å². The van der Waals surface area contributed by atoms with Gasteiger partial charge in [-0.15, -0.1) is 0 Å². The van der Waals surface area contributed by atoms with Crippen LogP contribution in [0.1, 0.15) is 31.2 Å². The van der Waals surface area contributed by atoms with E-state index >= 15 is 0 Å². The predicted molar refractivity (Wildman–Crippen MR) is 69.2 cm³/mol. The third kappa shape index (κ3) is 3.80. The van der Waals surface area contributed by atoms with Gasteiger partial charge in [0.1, 0.15) is 0 Å². The quantitative estimate of drug-likeness (QED) is 0.830. The molecule has 1 aliphatic heterocycles. The summed E-state index contributed by atoms with van der Waals surface area (Å²) in [5.41, 5.74) is 0.985. The average Bonchev–Trinajstić information content (AvgIpc) is 2.85. The first-order chi connectivity index (χ1) is 8.81. The van der Waals surface area contributed by atoms with E-state index in [-0.39, 0.29) is 0 Å². The molecule has 1 aliphatic rings. The van der Waals surface area contributed by atoms with Crippen LogP contribution in [0.4, 0.5) is 0 Å². The van der Waals surface area contributed by atoms with Crippen LogP contribution < -0.4 is 5.32 Å². The van der Waals surface area contributed by atoms with Gasteiger partial charge in [-0.3, -0.25) is 4.90 Å². The Hall–Kier alpha value is -0.910. The molecular formula is C13H23N3O2. The molecule has 0 aromatic carbocycles. The van der Waals surface area contributed by atoms with Crippen LogP contribution in [-0.2, 0) is 17.8 Å². The van der Waals surface area contributed by atoms with Crippen molar-refractivity contribution < 1.29 is 9.26 Å². The standard InChI is InChI=1S/C13H23N3O2/c1-3-14-9-11-8-13(18-15-11)10-16-6-4-12(17-2)5-7-16/h8,12,14H,3-7,9-10H2,1-2H3. The smallest absolute Gasteiger partial charge is 0.151 e. The fraction of sp³-hybridized carbons (Fsp3) is 0.769. The van der Waals surface area contributed by atoms with Gasteiger partial charge >= 0.3 is 0 Å². The maximum atomic E-state index is 5.37. The van der Waals surface area contributed by atoms with Gasteiger partial charge in [-0.25, -0.2) is 0 Å². The summed E-state index contributed by atoms with van der Waals surface area (Å²) in [5, 5.41) is 7.30. The molecule has 1 N–H and O–H groups in total. The van der Waals surface area contributed by atoms with Gasteiger partial charge in [-0.1, -0.05) is 12.1 Å². The highest BCUT2D eigenvalue weighted by atomic mass is 16.5. The minimum atomic E-state index is 0.431. The molecule has 2 heterocycles. The zero-order valence-electron chi connectivity index (χ0n) is 11.3. The van der Waals surface area contributed by atoms with Crippen LogP contribution in [0.3, 0.4) is 0 Å². The van der Waals surface area contributed by atoms with Gasteiger partial charge < -0.3 is 14.6 Å². The molecule has 1 aromatic heterocycles. The Balaban J connectivity index is 1.77. The minimum Gasteiger partial charge on any atom is -0.381 e. The lowest BCUT2D eigenvalue weighted by Gasteiger charge is -2.30. The molecule has 1 fully saturated rings. The number of rotatable bonds is 6. The first-order valence-corrected chi connectivity index (χ1v) is 6.72. The van der Waals surface area contributed by atoms with Crippen molar-refractivity contribution in [2.45, 2.75) is 39.0 Å². The predicted octanol–water partition coefficient (Wildman–Crippen LogP) is 1.39. The minimum absolute atomic E-state index is 0.431. The monoisotopic (exact) mass is 253 g/mol. The first-order valence-electron chi connectivity index (χ1n) is 6.72. The van der Waals surface area contributed by atoms with Crippen molar-refractivity contribution >= 4 is 0 Å². The number of ether oxygens (including phenoxy) is 1. The van der Waals surface area contributed by atoms with E-state index < -0.39 is 0 Å². The van der Waals surface area contributed by atoms with Crippen molar-refractivity contribution in [3.05, 3.63) is 17.5 Å². The fourth-order valence-corrected chi connectivity index (χ4v) is 2.29. The second-order valence-corrected chi connectivity index (χ2v) is 4.78. The number of piperidine rings is 1. The number of likely N-dealkylation sites (tertiary alicyclic amines) is 1. The summed E-state index contributed by atoms with van der Waals surface area (Å²) < 4.78 is 10.7. The van der Waals surface area contributed by atoms with E-state index in [9.17, 15) is 0 Å². The topological polar surface area (TPSA) is 50.5 Å². The molecule has 2 rings (SSSR count). The van der Waals surface area contributed by atoms with Gasteiger partial charge in [0.05, 0.1) is 18.3 Å². The van der Waals surface area contributed by atoms with Crippen LogP contribution in [-0.4, -0.2) is 42.9 Å². The van der Waals surface area contributed by atoms with Crippen molar-refractivity contribution in [2.24, 2.45) is 0 Å². The zero-order chi connectivity index (χ0) is 12.8. The molecule has 0 aliphatic carbocycles. The molecule has 1 aromatic rings. The molecule has 0 saturated carbocycles. The van der Waals surface area contributed by atoms with Crippen LogP contribution in [0.25, 0.3) is 0 Å². The number of aromatic nitrogens is 1. The van der Waals surface area contributed by atoms with E-state index in [2.05, 4.69) is 22.3 Å². The molecule has 0 radical (unpaired) electrons. The molecule has 5 nitrogen and oxygen atoms in total. The van der Waals surface area contributed by atoms with Crippen molar-refractivity contribution in [1.29, 1.82) is 0 Å². The molecule has 102 valence electrons. The highest BCUT2D eigenvalue weighted by Crippen LogP contribution is 2.16. The lowest BCUT2D eigenvalue weighted by Crippen LogP contribution is -2.36. The van der Waals surface area contributed by atoms with Crippen molar-refractivity contribution in [3.8, 4) is 0 Å². The summed E-state index contributed by atoms with van der Waals surface area (Å²) >= 11 is 0. The molecule has 0 bridgehead atoms. The molecule has 18 heavy (non-hydrogen) atoms. The highest BCUT2D eigenvalue weighted by Gasteiger charge is 2.19. The van der Waals surface area contributed by atoms with E-state index in [0.29, 0.717) is 6.10 Å². The van der Waals surface area contributed by atoms with E-state index in [0.717, 1.165) is 57.0 Å². The maximum Gasteiger partial charge on any atom is 0.151 e. The molecule has 1 saturated heterocycles. The van der Waals surface area contributed by atoms with Crippen LogP contribution in [0, 0.1) is 0 Å². The van der Waals surface area contributed by atoms with Gasteiger partial charge in [-0.2, -0.15) is 0 Å². The summed E-state index contributed by atoms with van der Waals surface area (Å²) in [5.74, 6) is 0.957. The lowest BCUT2D eigenvalue weighted by atomic mass is 10.1. The van der Waals surface area contributed by atoms with Gasteiger partial charge in [0.15, 0.2) is 5.76 Å². The Kier molecular flexibility index (Phi) is 5.16. The third-order valence-corrected chi connectivity index (χ3v) is 3.41. The van der Waals surface area contributed by atoms with Crippen molar-refractivity contribution in [1.82, 2.24) is 15.4 Å². The van der Waals surface area contributed by atoms with Gasteiger partial charge in [0.2, 0.25) is 0 Å². The molecule has 0 spiro atoms. The van der Waals surface area contributed by atoms with Gasteiger partial charge in [0.25, 0.3) is 0 Å². The molecule has 0 unspecified atom stereocenters. The van der Waals surface area contributed by atoms with Gasteiger partial charge in [0, 0.05) is 32.8 Å². The Morgan fingerprint density at radius 2 is 2.28 bits per heavy atom. The molecular weight excluding hydrogens is 230 g/mol.